The van der Waals surface area contributed by atoms with Crippen LogP contribution in [-0.2, 0) is 0 Å². The van der Waals surface area contributed by atoms with Gasteiger partial charge < -0.3 is 0 Å². The van der Waals surface area contributed by atoms with Gasteiger partial charge >= 0.3 is 0 Å². The molecule has 0 aliphatic heterocycles. The third-order valence-corrected chi connectivity index (χ3v) is 30.0. The van der Waals surface area contributed by atoms with Crippen molar-refractivity contribution in [2.24, 2.45) is 108 Å². The Labute approximate surface area is 273 Å². The first-order valence-electron chi connectivity index (χ1n) is 19.0. The lowest BCUT2D eigenvalue weighted by atomic mass is 8.79. The Morgan fingerprint density at radius 2 is 0.182 bits per heavy atom. The lowest BCUT2D eigenvalue weighted by Crippen LogP contribution is -3.20. The first-order chi connectivity index (χ1) is 19.0. The summed E-state index contributed by atoms with van der Waals surface area (Å²) in [4.78, 5) is 0. The van der Waals surface area contributed by atoms with Crippen molar-refractivity contribution in [3.63, 3.8) is 0 Å². The summed E-state index contributed by atoms with van der Waals surface area (Å²) in [5.74, 6) is 0. The van der Waals surface area contributed by atoms with E-state index in [-0.39, 0.29) is 108 Å². The smallest absolute Gasteiger partial charge is 0.0130 e. The Hall–Kier alpha value is 0. The Morgan fingerprint density at radius 3 is 0.295 bits per heavy atom. The standard InChI is InChI=1S/C44H72/c1-25(2)29(9)30(10)26(3,4)34(14)33(25,13)37(17)38(34,18)42(22)41(37,21)43(23)39(19)35(15)27(5,6)31(29,11)32(30,12)28(7,8)36(35,16)40(39,20)44(42,43)24/h1-24H3. The van der Waals surface area contributed by atoms with E-state index in [0.717, 1.165) is 0 Å². The molecule has 0 amide bonds. The quantitative estimate of drug-likeness (QED) is 0.243. The van der Waals surface area contributed by atoms with Crippen LogP contribution in [0.25, 0.3) is 0 Å². The maximum Gasteiger partial charge on any atom is -0.0130 e. The molecule has 8 aliphatic rings. The monoisotopic (exact) mass is 601 g/mol. The molecule has 0 radical (unpaired) electrons. The van der Waals surface area contributed by atoms with Crippen LogP contribution in [0.15, 0.2) is 0 Å². The molecule has 44 heavy (non-hydrogen) atoms. The van der Waals surface area contributed by atoms with E-state index in [9.17, 15) is 0 Å². The Kier molecular flexibility index (Phi) is 3.60. The van der Waals surface area contributed by atoms with Crippen LogP contribution in [0.4, 0.5) is 0 Å². The van der Waals surface area contributed by atoms with Gasteiger partial charge in [0.25, 0.3) is 0 Å². The molecule has 0 heterocycles. The molecule has 8 saturated carbocycles. The van der Waals surface area contributed by atoms with Crippen LogP contribution in [0, 0.1) is 108 Å². The van der Waals surface area contributed by atoms with Gasteiger partial charge in [0, 0.05) is 0 Å². The van der Waals surface area contributed by atoms with E-state index in [4.69, 9.17) is 0 Å². The second-order valence-corrected chi connectivity index (χ2v) is 24.5. The lowest BCUT2D eigenvalue weighted by Gasteiger charge is -3.23. The van der Waals surface area contributed by atoms with Crippen molar-refractivity contribution >= 4 is 0 Å². The summed E-state index contributed by atoms with van der Waals surface area (Å²) in [6, 6.07) is 0. The predicted molar refractivity (Wildman–Crippen MR) is 185 cm³/mol. The van der Waals surface area contributed by atoms with E-state index in [1.807, 2.05) is 0 Å². The minimum atomic E-state index is 0.149. The molecule has 248 valence electrons. The van der Waals surface area contributed by atoms with Crippen LogP contribution in [0.2, 0.25) is 0 Å². The van der Waals surface area contributed by atoms with Gasteiger partial charge in [0.1, 0.15) is 0 Å². The topological polar surface area (TPSA) is 0 Å². The Balaban J connectivity index is 1.63. The van der Waals surface area contributed by atoms with E-state index in [1.165, 1.54) is 0 Å². The van der Waals surface area contributed by atoms with Crippen LogP contribution < -0.4 is 0 Å². The molecule has 0 N–H and O–H groups in total. The first kappa shape index (κ1) is 30.1. The largest absolute Gasteiger partial charge is 0.0588 e. The SMILES string of the molecule is CC1(C)C2(C)C3(C)C(C)(C)C4(C)C1(C)C1(C)C4(C)C4(C)C1(C)C1(C)C5(C)C6(C)C(C)(C)C2(C)C3(C)C(C)(C)C6(C)C5(C)C41C. The molecular weight excluding hydrogens is 528 g/mol. The van der Waals surface area contributed by atoms with Crippen LogP contribution >= 0.6 is 0 Å². The van der Waals surface area contributed by atoms with E-state index < -0.39 is 0 Å². The summed E-state index contributed by atoms with van der Waals surface area (Å²) in [5.41, 5.74) is 4.16. The molecular formula is C44H72. The number of hydrogen-bond donors (Lipinski definition) is 0. The summed E-state index contributed by atoms with van der Waals surface area (Å²) in [6.07, 6.45) is 0. The van der Waals surface area contributed by atoms with Crippen molar-refractivity contribution < 1.29 is 0 Å². The minimum absolute atomic E-state index is 0.149. The molecule has 8 unspecified atom stereocenters. The van der Waals surface area contributed by atoms with E-state index >= 15 is 0 Å². The summed E-state index contributed by atoms with van der Waals surface area (Å²) in [5, 5.41) is 0. The molecule has 0 saturated heterocycles. The second kappa shape index (κ2) is 5.27. The van der Waals surface area contributed by atoms with Crippen LogP contribution in [-0.4, -0.2) is 0 Å². The van der Waals surface area contributed by atoms with Crippen LogP contribution in [0.5, 0.6) is 0 Å². The summed E-state index contributed by atoms with van der Waals surface area (Å²) >= 11 is 0. The van der Waals surface area contributed by atoms with E-state index in [0.29, 0.717) is 0 Å². The molecule has 0 nitrogen and oxygen atoms in total. The molecule has 0 aromatic rings. The van der Waals surface area contributed by atoms with Gasteiger partial charge in [-0.2, -0.15) is 0 Å². The van der Waals surface area contributed by atoms with Gasteiger partial charge in [-0.3, -0.25) is 0 Å². The normalized spacial score (nSPS) is 80.2. The zero-order chi connectivity index (χ0) is 34.0. The minimum Gasteiger partial charge on any atom is -0.0588 e. The fourth-order valence-corrected chi connectivity index (χ4v) is 27.6. The zero-order valence-corrected chi connectivity index (χ0v) is 34.0. The number of fused-ring (bicyclic) bond motifs is 20. The number of hydrogen-bond acceptors (Lipinski definition) is 0. The Morgan fingerprint density at radius 1 is 0.114 bits per heavy atom. The molecule has 8 atom stereocenters. The average molecular weight is 601 g/mol. The summed E-state index contributed by atoms with van der Waals surface area (Å²) < 4.78 is 0. The average Bonchev–Trinajstić information content (AvgIpc) is 2.94. The highest BCUT2D eigenvalue weighted by atomic mass is 15.3. The zero-order valence-electron chi connectivity index (χ0n) is 34.0. The molecule has 8 aliphatic carbocycles. The molecule has 0 aromatic carbocycles. The first-order valence-corrected chi connectivity index (χ1v) is 19.0. The van der Waals surface area contributed by atoms with Gasteiger partial charge in [-0.15, -0.1) is 0 Å². The van der Waals surface area contributed by atoms with Crippen LogP contribution in [0.1, 0.15) is 166 Å². The fourth-order valence-electron chi connectivity index (χ4n) is 27.6. The molecule has 8 rings (SSSR count). The maximum absolute atomic E-state index is 2.89. The van der Waals surface area contributed by atoms with E-state index in [1.54, 1.807) is 0 Å². The van der Waals surface area contributed by atoms with Crippen molar-refractivity contribution in [1.29, 1.82) is 0 Å². The highest BCUT2D eigenvalue weighted by molar-refractivity contribution is 5.69. The highest BCUT2D eigenvalue weighted by Gasteiger charge is 3.23. The van der Waals surface area contributed by atoms with Crippen LogP contribution in [0.3, 0.4) is 0 Å². The lowest BCUT2D eigenvalue weighted by molar-refractivity contribution is -0.777. The molecule has 0 heteroatoms. The van der Waals surface area contributed by atoms with Gasteiger partial charge in [0.2, 0.25) is 0 Å². The van der Waals surface area contributed by atoms with E-state index in [2.05, 4.69) is 166 Å². The van der Waals surface area contributed by atoms with Crippen molar-refractivity contribution in [3.8, 4) is 0 Å². The number of rotatable bonds is 0. The van der Waals surface area contributed by atoms with Crippen molar-refractivity contribution in [2.45, 2.75) is 166 Å². The molecule has 0 spiro atoms. The maximum atomic E-state index is 2.89. The Bertz CT molecular complexity index is 1370. The van der Waals surface area contributed by atoms with Gasteiger partial charge in [-0.05, 0) is 108 Å². The van der Waals surface area contributed by atoms with Crippen molar-refractivity contribution in [1.82, 2.24) is 0 Å². The third kappa shape index (κ3) is 1.11. The fraction of sp³-hybridized carbons (Fsp3) is 1.00. The predicted octanol–water partition coefficient (Wildman–Crippen LogP) is 12.3. The van der Waals surface area contributed by atoms with Gasteiger partial charge in [-0.1, -0.05) is 166 Å². The summed E-state index contributed by atoms with van der Waals surface area (Å²) in [7, 11) is 0. The second-order valence-electron chi connectivity index (χ2n) is 24.5. The van der Waals surface area contributed by atoms with Crippen molar-refractivity contribution in [2.75, 3.05) is 0 Å². The molecule has 0 bridgehead atoms. The van der Waals surface area contributed by atoms with Crippen molar-refractivity contribution in [3.05, 3.63) is 0 Å². The van der Waals surface area contributed by atoms with Gasteiger partial charge in [0.15, 0.2) is 0 Å². The molecule has 0 aromatic heterocycles. The molecule has 8 fully saturated rings. The highest BCUT2D eigenvalue weighted by Crippen LogP contribution is 3.26. The third-order valence-electron chi connectivity index (χ3n) is 30.0. The van der Waals surface area contributed by atoms with Gasteiger partial charge in [-0.25, -0.2) is 0 Å². The van der Waals surface area contributed by atoms with Gasteiger partial charge in [0.05, 0.1) is 0 Å². The summed E-state index contributed by atoms with van der Waals surface area (Å²) in [6.45, 7) is 68.8.